The van der Waals surface area contributed by atoms with Gasteiger partial charge in [0.05, 0.1) is 12.2 Å². The molecule has 0 spiro atoms. The monoisotopic (exact) mass is 578 g/mol. The van der Waals surface area contributed by atoms with E-state index in [4.69, 9.17) is 13.9 Å². The highest BCUT2D eigenvalue weighted by atomic mass is 16.6. The van der Waals surface area contributed by atoms with Crippen LogP contribution in [0.25, 0.3) is 28.4 Å². The molecule has 5 rings (SSSR count). The summed E-state index contributed by atoms with van der Waals surface area (Å²) >= 11 is 0. The van der Waals surface area contributed by atoms with E-state index in [1.54, 1.807) is 0 Å². The number of aliphatic hydroxyl groups excluding tert-OH is 3. The lowest BCUT2D eigenvalue weighted by Crippen LogP contribution is -2.56. The zero-order chi connectivity index (χ0) is 30.1. The van der Waals surface area contributed by atoms with E-state index in [-0.39, 0.29) is 33.8 Å². The molecule has 0 radical (unpaired) electrons. The first-order valence-electron chi connectivity index (χ1n) is 12.7. The van der Waals surface area contributed by atoms with E-state index in [9.17, 15) is 45.3 Å². The number of phenolic OH excluding ortho intramolecular Hbond substituents is 4. The number of carbonyl (C=O) groups excluding carboxylic acids is 1. The molecule has 1 saturated heterocycles. The number of benzene rings is 3. The normalized spacial score (nSPS) is 22.4. The molecule has 3 aromatic carbocycles. The summed E-state index contributed by atoms with van der Waals surface area (Å²) in [6.45, 7) is -0.768. The van der Waals surface area contributed by atoms with Gasteiger partial charge < -0.3 is 49.6 Å². The third-order valence-corrected chi connectivity index (χ3v) is 6.86. The molecular weight excluding hydrogens is 552 g/mol. The smallest absolute Gasteiger partial charge is 0.331 e. The molecule has 5 atom stereocenters. The van der Waals surface area contributed by atoms with Gasteiger partial charge in [0.2, 0.25) is 0 Å². The molecule has 42 heavy (non-hydrogen) atoms. The van der Waals surface area contributed by atoms with E-state index < -0.39 is 60.0 Å². The van der Waals surface area contributed by atoms with Gasteiger partial charge in [-0.1, -0.05) is 12.1 Å². The Kier molecular flexibility index (Phi) is 7.87. The van der Waals surface area contributed by atoms with Gasteiger partial charge in [0.1, 0.15) is 58.6 Å². The third-order valence-electron chi connectivity index (χ3n) is 6.86. The molecule has 1 aliphatic heterocycles. The Morgan fingerprint density at radius 3 is 2.17 bits per heavy atom. The van der Waals surface area contributed by atoms with Gasteiger partial charge in [-0.15, -0.1) is 0 Å². The maximum absolute atomic E-state index is 13.1. The molecule has 0 amide bonds. The average molecular weight is 579 g/mol. The van der Waals surface area contributed by atoms with E-state index in [1.807, 2.05) is 0 Å². The van der Waals surface area contributed by atoms with Crippen molar-refractivity contribution < 1.29 is 54.4 Å². The van der Waals surface area contributed by atoms with Crippen LogP contribution in [0.3, 0.4) is 0 Å². The Morgan fingerprint density at radius 1 is 0.881 bits per heavy atom. The number of phenols is 4. The Bertz CT molecular complexity index is 1690. The predicted octanol–water partition coefficient (Wildman–Crippen LogP) is 2.06. The Labute approximate surface area is 237 Å². The van der Waals surface area contributed by atoms with Crippen molar-refractivity contribution in [1.29, 1.82) is 0 Å². The van der Waals surface area contributed by atoms with Crippen LogP contribution in [0.4, 0.5) is 0 Å². The maximum Gasteiger partial charge on any atom is 0.331 e. The first kappa shape index (κ1) is 28.6. The second-order valence-electron chi connectivity index (χ2n) is 9.64. The fourth-order valence-electron chi connectivity index (χ4n) is 4.74. The van der Waals surface area contributed by atoms with Crippen LogP contribution in [-0.2, 0) is 14.3 Å². The molecule has 1 aliphatic rings. The number of fused-ring (bicyclic) bond motifs is 1. The molecule has 2 unspecified atom stereocenters. The quantitative estimate of drug-likeness (QED) is 0.130. The third kappa shape index (κ3) is 5.51. The van der Waals surface area contributed by atoms with Crippen molar-refractivity contribution in [2.75, 3.05) is 6.61 Å². The summed E-state index contributed by atoms with van der Waals surface area (Å²) in [5, 5.41) is 71.5. The second-order valence-corrected chi connectivity index (χ2v) is 9.64. The van der Waals surface area contributed by atoms with E-state index in [0.717, 1.165) is 18.2 Å². The zero-order valence-corrected chi connectivity index (χ0v) is 21.7. The Morgan fingerprint density at radius 2 is 1.52 bits per heavy atom. The lowest BCUT2D eigenvalue weighted by atomic mass is 9.89. The van der Waals surface area contributed by atoms with Gasteiger partial charge in [0.25, 0.3) is 0 Å². The number of hydrogen-bond acceptors (Lipinski definition) is 12. The Hall–Kier alpha value is -4.88. The van der Waals surface area contributed by atoms with Gasteiger partial charge in [0.15, 0.2) is 17.1 Å². The van der Waals surface area contributed by atoms with Gasteiger partial charge in [-0.2, -0.15) is 0 Å². The molecule has 2 heterocycles. The van der Waals surface area contributed by atoms with E-state index >= 15 is 0 Å². The van der Waals surface area contributed by atoms with Crippen molar-refractivity contribution >= 4 is 23.0 Å². The van der Waals surface area contributed by atoms with Gasteiger partial charge >= 0.3 is 5.97 Å². The van der Waals surface area contributed by atoms with Crippen LogP contribution < -0.4 is 5.43 Å². The predicted molar refractivity (Wildman–Crippen MR) is 147 cm³/mol. The molecule has 4 aromatic rings. The number of aromatic hydroxyl groups is 4. The molecule has 0 aliphatic carbocycles. The van der Waals surface area contributed by atoms with Gasteiger partial charge in [-0.25, -0.2) is 4.79 Å². The maximum atomic E-state index is 13.1. The molecule has 12 heteroatoms. The zero-order valence-electron chi connectivity index (χ0n) is 21.7. The molecule has 1 aromatic heterocycles. The van der Waals surface area contributed by atoms with Crippen molar-refractivity contribution in [3.05, 3.63) is 88.1 Å². The fraction of sp³-hybridized carbons (Fsp3) is 0.200. The molecule has 12 nitrogen and oxygen atoms in total. The minimum atomic E-state index is -1.83. The van der Waals surface area contributed by atoms with Crippen LogP contribution in [0, 0.1) is 0 Å². The van der Waals surface area contributed by atoms with E-state index in [1.165, 1.54) is 54.6 Å². The van der Waals surface area contributed by atoms with Crippen molar-refractivity contribution in [3.8, 4) is 34.3 Å². The van der Waals surface area contributed by atoms with Crippen LogP contribution in [0.5, 0.6) is 23.0 Å². The number of aliphatic hydroxyl groups is 3. The first-order valence-corrected chi connectivity index (χ1v) is 12.7. The lowest BCUT2D eigenvalue weighted by Gasteiger charge is -2.41. The molecule has 218 valence electrons. The second kappa shape index (κ2) is 11.5. The number of ether oxygens (including phenoxy) is 2. The van der Waals surface area contributed by atoms with Crippen LogP contribution in [0.2, 0.25) is 0 Å². The standard InChI is InChI=1S/C30H26O12/c31-13-22-26(38)27(39)30(42-23(37)10-3-14-1-6-16(32)7-2-14)29(41-22)25-19(35)11-18(34)24-20(36)12-21(40-28(24)25)15-4-8-17(33)9-5-15/h1-12,22,26-27,29-35,38-39H,13H2/b10-3+/t22?,26-,27+,29+,30?/m1/s1. The minimum Gasteiger partial charge on any atom is -0.508 e. The van der Waals surface area contributed by atoms with Gasteiger partial charge in [-0.05, 0) is 48.0 Å². The lowest BCUT2D eigenvalue weighted by molar-refractivity contribution is -0.239. The Balaban J connectivity index is 1.61. The van der Waals surface area contributed by atoms with Crippen LogP contribution in [0.15, 0.2) is 76.0 Å². The molecule has 0 saturated carbocycles. The summed E-state index contributed by atoms with van der Waals surface area (Å²) in [6, 6.07) is 13.5. The van der Waals surface area contributed by atoms with Crippen molar-refractivity contribution in [1.82, 2.24) is 0 Å². The van der Waals surface area contributed by atoms with Gasteiger partial charge in [-0.3, -0.25) is 4.79 Å². The number of esters is 1. The van der Waals surface area contributed by atoms with Crippen LogP contribution in [-0.4, -0.2) is 72.7 Å². The topological polar surface area (TPSA) is 207 Å². The van der Waals surface area contributed by atoms with Crippen LogP contribution in [0.1, 0.15) is 17.2 Å². The number of hydrogen-bond donors (Lipinski definition) is 7. The molecular formula is C30H26O12. The summed E-state index contributed by atoms with van der Waals surface area (Å²) in [6.07, 6.45) is -5.84. The molecule has 7 N–H and O–H groups in total. The summed E-state index contributed by atoms with van der Waals surface area (Å²) in [7, 11) is 0. The summed E-state index contributed by atoms with van der Waals surface area (Å²) in [5.41, 5.74) is -0.484. The van der Waals surface area contributed by atoms with E-state index in [2.05, 4.69) is 0 Å². The SMILES string of the molecule is O=C(/C=C/c1ccc(O)cc1)OC1[C@@H](O)[C@H](O)C(CO)O[C@H]1c1c(O)cc(O)c2c(=O)cc(-c3ccc(O)cc3)oc12. The highest BCUT2D eigenvalue weighted by Gasteiger charge is 2.48. The van der Waals surface area contributed by atoms with Crippen molar-refractivity contribution in [2.45, 2.75) is 30.5 Å². The van der Waals surface area contributed by atoms with Crippen LogP contribution >= 0.6 is 0 Å². The minimum absolute atomic E-state index is 0.0146. The van der Waals surface area contributed by atoms with Crippen molar-refractivity contribution in [2.24, 2.45) is 0 Å². The molecule has 0 bridgehead atoms. The highest BCUT2D eigenvalue weighted by Crippen LogP contribution is 2.44. The van der Waals surface area contributed by atoms with Gasteiger partial charge in [0, 0.05) is 23.8 Å². The number of carbonyl (C=O) groups is 1. The summed E-state index contributed by atoms with van der Waals surface area (Å²) < 4.78 is 17.2. The van der Waals surface area contributed by atoms with E-state index in [0.29, 0.717) is 11.1 Å². The highest BCUT2D eigenvalue weighted by molar-refractivity contribution is 5.90. The molecule has 1 fully saturated rings. The summed E-state index contributed by atoms with van der Waals surface area (Å²) in [5.74, 6) is -2.30. The largest absolute Gasteiger partial charge is 0.508 e. The summed E-state index contributed by atoms with van der Waals surface area (Å²) in [4.78, 5) is 25.9. The fourth-order valence-corrected chi connectivity index (χ4v) is 4.74. The van der Waals surface area contributed by atoms with Crippen molar-refractivity contribution in [3.63, 3.8) is 0 Å². The average Bonchev–Trinajstić information content (AvgIpc) is 2.96. The number of rotatable bonds is 6. The first-order chi connectivity index (χ1) is 20.1.